The van der Waals surface area contributed by atoms with Crippen LogP contribution in [0, 0.1) is 5.82 Å². The van der Waals surface area contributed by atoms with Gasteiger partial charge in [-0.3, -0.25) is 4.90 Å². The van der Waals surface area contributed by atoms with Crippen LogP contribution in [0.5, 0.6) is 5.75 Å². The first-order chi connectivity index (χ1) is 10.0. The molecule has 1 atom stereocenters. The summed E-state index contributed by atoms with van der Waals surface area (Å²) in [6.07, 6.45) is 3.70. The van der Waals surface area contributed by atoms with E-state index in [9.17, 15) is 4.39 Å². The second kappa shape index (κ2) is 5.72. The summed E-state index contributed by atoms with van der Waals surface area (Å²) in [5.74, 6) is -0.142. The molecule has 5 heteroatoms. The molecular formula is C16H24FN3O. The van der Waals surface area contributed by atoms with E-state index in [4.69, 9.17) is 10.5 Å². The van der Waals surface area contributed by atoms with E-state index < -0.39 is 5.82 Å². The fourth-order valence-corrected chi connectivity index (χ4v) is 2.93. The van der Waals surface area contributed by atoms with Crippen molar-refractivity contribution >= 4 is 11.4 Å². The molecule has 1 saturated carbocycles. The molecule has 0 bridgehead atoms. The van der Waals surface area contributed by atoms with Gasteiger partial charge in [0.15, 0.2) is 11.6 Å². The second-order valence-electron chi connectivity index (χ2n) is 6.39. The predicted octanol–water partition coefficient (Wildman–Crippen LogP) is 2.84. The average molecular weight is 293 g/mol. The Kier molecular flexibility index (Phi) is 3.93. The number of hydrogen-bond acceptors (Lipinski definition) is 4. The third kappa shape index (κ3) is 3.40. The summed E-state index contributed by atoms with van der Waals surface area (Å²) in [5.41, 5.74) is 7.15. The zero-order valence-electron chi connectivity index (χ0n) is 12.7. The highest BCUT2D eigenvalue weighted by Gasteiger charge is 2.34. The molecule has 2 aliphatic rings. The zero-order chi connectivity index (χ0) is 15.0. The Labute approximate surface area is 125 Å². The van der Waals surface area contributed by atoms with Crippen molar-refractivity contribution in [2.45, 2.75) is 51.3 Å². The summed E-state index contributed by atoms with van der Waals surface area (Å²) in [7, 11) is 0. The smallest absolute Gasteiger partial charge is 0.167 e. The molecule has 3 N–H and O–H groups in total. The van der Waals surface area contributed by atoms with E-state index in [0.717, 1.165) is 31.2 Å². The number of nitrogen functional groups attached to an aromatic ring is 1. The van der Waals surface area contributed by atoms with Crippen molar-refractivity contribution in [3.8, 4) is 5.75 Å². The lowest BCUT2D eigenvalue weighted by Gasteiger charge is -2.19. The van der Waals surface area contributed by atoms with Gasteiger partial charge in [-0.15, -0.1) is 0 Å². The van der Waals surface area contributed by atoms with Gasteiger partial charge in [0.25, 0.3) is 0 Å². The highest BCUT2D eigenvalue weighted by Crippen LogP contribution is 2.33. The number of nitrogens with one attached hydrogen (secondary N) is 1. The zero-order valence-corrected chi connectivity index (χ0v) is 12.7. The van der Waals surface area contributed by atoms with Crippen LogP contribution in [0.2, 0.25) is 0 Å². The maximum absolute atomic E-state index is 13.8. The Bertz CT molecular complexity index is 516. The summed E-state index contributed by atoms with van der Waals surface area (Å²) in [4.78, 5) is 2.53. The molecule has 1 aliphatic carbocycles. The van der Waals surface area contributed by atoms with Gasteiger partial charge in [-0.1, -0.05) is 0 Å². The molecule has 4 nitrogen and oxygen atoms in total. The predicted molar refractivity (Wildman–Crippen MR) is 83.2 cm³/mol. The third-order valence-corrected chi connectivity index (χ3v) is 4.11. The summed E-state index contributed by atoms with van der Waals surface area (Å²) in [6, 6.07) is 4.20. The van der Waals surface area contributed by atoms with E-state index in [1.54, 1.807) is 6.07 Å². The van der Waals surface area contributed by atoms with Crippen LogP contribution >= 0.6 is 0 Å². The number of rotatable bonds is 5. The molecule has 2 fully saturated rings. The number of halogens is 1. The van der Waals surface area contributed by atoms with Crippen molar-refractivity contribution in [3.63, 3.8) is 0 Å². The highest BCUT2D eigenvalue weighted by atomic mass is 19.1. The Hall–Kier alpha value is -1.49. The van der Waals surface area contributed by atoms with Crippen LogP contribution in [0.3, 0.4) is 0 Å². The molecule has 1 aromatic carbocycles. The lowest BCUT2D eigenvalue weighted by Crippen LogP contribution is -2.28. The minimum absolute atomic E-state index is 0.0622. The van der Waals surface area contributed by atoms with Gasteiger partial charge in [0.05, 0.1) is 17.5 Å². The van der Waals surface area contributed by atoms with Gasteiger partial charge >= 0.3 is 0 Å². The van der Waals surface area contributed by atoms with Crippen LogP contribution in [0.1, 0.15) is 33.1 Å². The molecular weight excluding hydrogens is 269 g/mol. The Morgan fingerprint density at radius 3 is 2.76 bits per heavy atom. The van der Waals surface area contributed by atoms with Gasteiger partial charge in [0.1, 0.15) is 0 Å². The number of ether oxygens (including phenoxy) is 1. The SMILES string of the molecule is CC(C)Oc1cc(NC2CCN(C3CC3)C2)c(N)cc1F. The molecule has 116 valence electrons. The van der Waals surface area contributed by atoms with Gasteiger partial charge in [0.2, 0.25) is 0 Å². The van der Waals surface area contributed by atoms with Crippen molar-refractivity contribution in [2.75, 3.05) is 24.1 Å². The van der Waals surface area contributed by atoms with Gasteiger partial charge < -0.3 is 15.8 Å². The Morgan fingerprint density at radius 1 is 1.33 bits per heavy atom. The summed E-state index contributed by atoms with van der Waals surface area (Å²) in [5, 5.41) is 3.45. The molecule has 0 spiro atoms. The maximum Gasteiger partial charge on any atom is 0.167 e. The van der Waals surface area contributed by atoms with Crippen molar-refractivity contribution in [3.05, 3.63) is 17.9 Å². The van der Waals surface area contributed by atoms with Crippen LogP contribution in [-0.4, -0.2) is 36.2 Å². The van der Waals surface area contributed by atoms with E-state index in [-0.39, 0.29) is 11.9 Å². The quantitative estimate of drug-likeness (QED) is 0.820. The van der Waals surface area contributed by atoms with Crippen molar-refractivity contribution in [1.29, 1.82) is 0 Å². The lowest BCUT2D eigenvalue weighted by atomic mass is 10.2. The van der Waals surface area contributed by atoms with E-state index in [1.807, 2.05) is 13.8 Å². The molecule has 1 unspecified atom stereocenters. The average Bonchev–Trinajstić information content (AvgIpc) is 3.15. The van der Waals surface area contributed by atoms with E-state index in [0.29, 0.717) is 11.7 Å². The van der Waals surface area contributed by atoms with E-state index >= 15 is 0 Å². The Morgan fingerprint density at radius 2 is 2.10 bits per heavy atom. The second-order valence-corrected chi connectivity index (χ2v) is 6.39. The summed E-state index contributed by atoms with van der Waals surface area (Å²) in [6.45, 7) is 5.95. The minimum Gasteiger partial charge on any atom is -0.488 e. The van der Waals surface area contributed by atoms with Gasteiger partial charge in [-0.2, -0.15) is 0 Å². The number of hydrogen-bond donors (Lipinski definition) is 2. The number of benzene rings is 1. The van der Waals surface area contributed by atoms with Crippen molar-refractivity contribution in [1.82, 2.24) is 4.90 Å². The van der Waals surface area contributed by atoms with Crippen LogP contribution in [-0.2, 0) is 0 Å². The molecule has 1 aliphatic heterocycles. The molecule has 3 rings (SSSR count). The molecule has 0 aromatic heterocycles. The lowest BCUT2D eigenvalue weighted by molar-refractivity contribution is 0.231. The Balaban J connectivity index is 1.69. The first-order valence-electron chi connectivity index (χ1n) is 7.79. The molecule has 0 radical (unpaired) electrons. The number of likely N-dealkylation sites (tertiary alicyclic amines) is 1. The van der Waals surface area contributed by atoms with Gasteiger partial charge in [-0.05, 0) is 33.1 Å². The topological polar surface area (TPSA) is 50.5 Å². The molecule has 1 saturated heterocycles. The molecule has 0 amide bonds. The largest absolute Gasteiger partial charge is 0.488 e. The standard InChI is InChI=1S/C16H24FN3O/c1-10(2)21-16-8-15(14(18)7-13(16)17)19-11-5-6-20(9-11)12-3-4-12/h7-8,10-12,19H,3-6,9,18H2,1-2H3. The summed E-state index contributed by atoms with van der Waals surface area (Å²) < 4.78 is 19.3. The first-order valence-corrected chi connectivity index (χ1v) is 7.79. The molecule has 1 aromatic rings. The first kappa shape index (κ1) is 14.4. The van der Waals surface area contributed by atoms with Crippen molar-refractivity contribution in [2.24, 2.45) is 0 Å². The third-order valence-electron chi connectivity index (χ3n) is 4.11. The fourth-order valence-electron chi connectivity index (χ4n) is 2.93. The normalized spacial score (nSPS) is 22.8. The monoisotopic (exact) mass is 293 g/mol. The van der Waals surface area contributed by atoms with Crippen LogP contribution in [0.15, 0.2) is 12.1 Å². The highest BCUT2D eigenvalue weighted by molar-refractivity contribution is 5.69. The number of nitrogens with two attached hydrogens (primary N) is 1. The van der Waals surface area contributed by atoms with Crippen LogP contribution in [0.4, 0.5) is 15.8 Å². The van der Waals surface area contributed by atoms with E-state index in [2.05, 4.69) is 10.2 Å². The molecule has 21 heavy (non-hydrogen) atoms. The maximum atomic E-state index is 13.8. The van der Waals surface area contributed by atoms with Crippen LogP contribution < -0.4 is 15.8 Å². The van der Waals surface area contributed by atoms with Crippen molar-refractivity contribution < 1.29 is 9.13 Å². The number of anilines is 2. The van der Waals surface area contributed by atoms with Gasteiger partial charge in [0, 0.05) is 37.3 Å². The minimum atomic E-state index is -0.405. The summed E-state index contributed by atoms with van der Waals surface area (Å²) >= 11 is 0. The van der Waals surface area contributed by atoms with Gasteiger partial charge in [-0.25, -0.2) is 4.39 Å². The molecule has 1 heterocycles. The fraction of sp³-hybridized carbons (Fsp3) is 0.625. The van der Waals surface area contributed by atoms with Crippen LogP contribution in [0.25, 0.3) is 0 Å². The van der Waals surface area contributed by atoms with E-state index in [1.165, 1.54) is 18.9 Å². The number of nitrogens with zero attached hydrogens (tertiary/aromatic N) is 1.